The number of rotatable bonds is 2. The van der Waals surface area contributed by atoms with Gasteiger partial charge in [-0.25, -0.2) is 4.79 Å². The van der Waals surface area contributed by atoms with Crippen molar-refractivity contribution >= 4 is 27.5 Å². The third-order valence-corrected chi connectivity index (χ3v) is 3.83. The van der Waals surface area contributed by atoms with Gasteiger partial charge in [-0.05, 0) is 40.4 Å². The number of nitrogens with zero attached hydrogens (tertiary/aromatic N) is 1. The summed E-state index contributed by atoms with van der Waals surface area (Å²) in [5.41, 5.74) is 0.540. The van der Waals surface area contributed by atoms with E-state index in [9.17, 15) is 4.79 Å². The quantitative estimate of drug-likeness (QED) is 0.401. The number of fused-ring (bicyclic) bond motifs is 2. The van der Waals surface area contributed by atoms with E-state index < -0.39 is 0 Å². The molecule has 0 radical (unpaired) electrons. The van der Waals surface area contributed by atoms with E-state index in [1.807, 2.05) is 60.7 Å². The van der Waals surface area contributed by atoms with Gasteiger partial charge >= 0.3 is 5.97 Å². The molecular formula is C20H13NO2. The number of carbonyl (C=O) groups excluding carboxylic acids is 1. The molecule has 0 atom stereocenters. The first-order chi connectivity index (χ1) is 11.3. The van der Waals surface area contributed by atoms with E-state index in [1.165, 1.54) is 0 Å². The Balaban J connectivity index is 1.70. The van der Waals surface area contributed by atoms with E-state index in [-0.39, 0.29) is 5.97 Å². The Morgan fingerprint density at radius 3 is 2.57 bits per heavy atom. The lowest BCUT2D eigenvalue weighted by Gasteiger charge is -2.08. The number of pyridine rings is 1. The molecule has 110 valence electrons. The maximum Gasteiger partial charge on any atom is 0.344 e. The fourth-order valence-electron chi connectivity index (χ4n) is 2.69. The normalized spacial score (nSPS) is 10.8. The number of hydrogen-bond acceptors (Lipinski definition) is 3. The van der Waals surface area contributed by atoms with Crippen LogP contribution in [0.4, 0.5) is 0 Å². The molecule has 3 heteroatoms. The van der Waals surface area contributed by atoms with Crippen LogP contribution in [0.25, 0.3) is 21.5 Å². The summed E-state index contributed by atoms with van der Waals surface area (Å²) >= 11 is 0. The van der Waals surface area contributed by atoms with Crippen molar-refractivity contribution in [2.75, 3.05) is 0 Å². The lowest BCUT2D eigenvalue weighted by atomic mass is 10.1. The summed E-state index contributed by atoms with van der Waals surface area (Å²) in [6.45, 7) is 0. The van der Waals surface area contributed by atoms with Gasteiger partial charge in [0.05, 0.1) is 5.56 Å². The van der Waals surface area contributed by atoms with Gasteiger partial charge in [-0.1, -0.05) is 42.5 Å². The monoisotopic (exact) mass is 299 g/mol. The van der Waals surface area contributed by atoms with E-state index in [1.54, 1.807) is 18.5 Å². The molecule has 23 heavy (non-hydrogen) atoms. The molecule has 0 bridgehead atoms. The van der Waals surface area contributed by atoms with Gasteiger partial charge in [0.1, 0.15) is 5.75 Å². The minimum atomic E-state index is -0.364. The summed E-state index contributed by atoms with van der Waals surface area (Å²) in [5.74, 6) is 0.178. The van der Waals surface area contributed by atoms with Gasteiger partial charge in [0.15, 0.2) is 0 Å². The van der Waals surface area contributed by atoms with Crippen LogP contribution < -0.4 is 4.74 Å². The van der Waals surface area contributed by atoms with Crippen LogP contribution in [0.5, 0.6) is 5.75 Å². The Labute approximate surface area is 133 Å². The summed E-state index contributed by atoms with van der Waals surface area (Å²) in [5, 5.41) is 3.91. The van der Waals surface area contributed by atoms with E-state index in [4.69, 9.17) is 4.74 Å². The van der Waals surface area contributed by atoms with Crippen LogP contribution in [0.3, 0.4) is 0 Å². The molecule has 4 rings (SSSR count). The van der Waals surface area contributed by atoms with Gasteiger partial charge in [-0.2, -0.15) is 0 Å². The molecule has 1 heterocycles. The Hall–Kier alpha value is -3.20. The van der Waals surface area contributed by atoms with Crippen molar-refractivity contribution in [1.82, 2.24) is 4.98 Å². The number of aromatic nitrogens is 1. The molecule has 0 saturated heterocycles. The topological polar surface area (TPSA) is 39.2 Å². The summed E-state index contributed by atoms with van der Waals surface area (Å²) in [6, 6.07) is 21.0. The number of benzene rings is 3. The lowest BCUT2D eigenvalue weighted by molar-refractivity contribution is 0.0737. The highest BCUT2D eigenvalue weighted by Crippen LogP contribution is 2.23. The Morgan fingerprint density at radius 1 is 0.826 bits per heavy atom. The van der Waals surface area contributed by atoms with E-state index in [0.717, 1.165) is 21.5 Å². The highest BCUT2D eigenvalue weighted by Gasteiger charge is 2.12. The van der Waals surface area contributed by atoms with Gasteiger partial charge < -0.3 is 4.74 Å². The van der Waals surface area contributed by atoms with Gasteiger partial charge in [-0.3, -0.25) is 4.98 Å². The SMILES string of the molecule is O=C(Oc1ccc2ccccc2c1)c1cccc2cnccc12. The summed E-state index contributed by atoms with van der Waals surface area (Å²) in [6.07, 6.45) is 3.41. The van der Waals surface area contributed by atoms with Crippen LogP contribution in [0.15, 0.2) is 79.1 Å². The smallest absolute Gasteiger partial charge is 0.344 e. The van der Waals surface area contributed by atoms with Crippen molar-refractivity contribution in [1.29, 1.82) is 0 Å². The van der Waals surface area contributed by atoms with Crippen molar-refractivity contribution in [2.24, 2.45) is 0 Å². The van der Waals surface area contributed by atoms with Crippen LogP contribution in [0.1, 0.15) is 10.4 Å². The molecule has 0 spiro atoms. The molecule has 3 aromatic carbocycles. The van der Waals surface area contributed by atoms with Crippen LogP contribution in [0.2, 0.25) is 0 Å². The number of hydrogen-bond donors (Lipinski definition) is 0. The third kappa shape index (κ3) is 2.53. The third-order valence-electron chi connectivity index (χ3n) is 3.83. The minimum Gasteiger partial charge on any atom is -0.423 e. The second-order valence-corrected chi connectivity index (χ2v) is 5.30. The average molecular weight is 299 g/mol. The molecule has 0 aliphatic rings. The Kier molecular flexibility index (Phi) is 3.24. The van der Waals surface area contributed by atoms with Crippen molar-refractivity contribution in [3.05, 3.63) is 84.7 Å². The Bertz CT molecular complexity index is 1020. The molecule has 0 N–H and O–H groups in total. The standard InChI is InChI=1S/C20H13NO2/c22-20(19-7-3-6-16-13-21-11-10-18(16)19)23-17-9-8-14-4-1-2-5-15(14)12-17/h1-13H. The van der Waals surface area contributed by atoms with E-state index in [2.05, 4.69) is 4.98 Å². The summed E-state index contributed by atoms with van der Waals surface area (Å²) < 4.78 is 5.56. The second kappa shape index (κ2) is 5.54. The first-order valence-electron chi connectivity index (χ1n) is 7.35. The van der Waals surface area contributed by atoms with Gasteiger partial charge in [0.2, 0.25) is 0 Å². The van der Waals surface area contributed by atoms with Crippen molar-refractivity contribution in [3.8, 4) is 5.75 Å². The highest BCUT2D eigenvalue weighted by molar-refractivity contribution is 6.05. The highest BCUT2D eigenvalue weighted by atomic mass is 16.5. The molecule has 3 nitrogen and oxygen atoms in total. The molecule has 0 aliphatic heterocycles. The van der Waals surface area contributed by atoms with Crippen molar-refractivity contribution in [3.63, 3.8) is 0 Å². The van der Waals surface area contributed by atoms with Crippen LogP contribution in [-0.2, 0) is 0 Å². The zero-order valence-corrected chi connectivity index (χ0v) is 12.3. The fourth-order valence-corrected chi connectivity index (χ4v) is 2.69. The molecule has 0 amide bonds. The van der Waals surface area contributed by atoms with Gasteiger partial charge in [0, 0.05) is 17.8 Å². The fraction of sp³-hybridized carbons (Fsp3) is 0. The van der Waals surface area contributed by atoms with Crippen molar-refractivity contribution < 1.29 is 9.53 Å². The number of esters is 1. The first kappa shape index (κ1) is 13.5. The minimum absolute atomic E-state index is 0.364. The predicted octanol–water partition coefficient (Wildman–Crippen LogP) is 4.61. The van der Waals surface area contributed by atoms with E-state index >= 15 is 0 Å². The van der Waals surface area contributed by atoms with E-state index in [0.29, 0.717) is 11.3 Å². The second-order valence-electron chi connectivity index (χ2n) is 5.30. The largest absolute Gasteiger partial charge is 0.423 e. The lowest BCUT2D eigenvalue weighted by Crippen LogP contribution is -2.09. The molecule has 0 aliphatic carbocycles. The van der Waals surface area contributed by atoms with Crippen molar-refractivity contribution in [2.45, 2.75) is 0 Å². The Morgan fingerprint density at radius 2 is 1.65 bits per heavy atom. The molecular weight excluding hydrogens is 286 g/mol. The van der Waals surface area contributed by atoms with Crippen LogP contribution in [0, 0.1) is 0 Å². The molecule has 4 aromatic rings. The average Bonchev–Trinajstić information content (AvgIpc) is 2.61. The zero-order valence-electron chi connectivity index (χ0n) is 12.3. The first-order valence-corrected chi connectivity index (χ1v) is 7.35. The maximum atomic E-state index is 12.5. The zero-order chi connectivity index (χ0) is 15.6. The maximum absolute atomic E-state index is 12.5. The molecule has 0 fully saturated rings. The van der Waals surface area contributed by atoms with Crippen LogP contribution >= 0.6 is 0 Å². The van der Waals surface area contributed by atoms with Gasteiger partial charge in [0.25, 0.3) is 0 Å². The summed E-state index contributed by atoms with van der Waals surface area (Å²) in [4.78, 5) is 16.6. The number of carbonyl (C=O) groups is 1. The molecule has 0 saturated carbocycles. The van der Waals surface area contributed by atoms with Gasteiger partial charge in [-0.15, -0.1) is 0 Å². The molecule has 1 aromatic heterocycles. The predicted molar refractivity (Wildman–Crippen MR) is 90.6 cm³/mol. The number of ether oxygens (including phenoxy) is 1. The molecule has 0 unspecified atom stereocenters. The van der Waals surface area contributed by atoms with Crippen LogP contribution in [-0.4, -0.2) is 11.0 Å². The summed E-state index contributed by atoms with van der Waals surface area (Å²) in [7, 11) is 0.